The summed E-state index contributed by atoms with van der Waals surface area (Å²) < 4.78 is 10.5. The lowest BCUT2D eigenvalue weighted by atomic mass is 10.1. The van der Waals surface area contributed by atoms with Crippen LogP contribution in [-0.4, -0.2) is 60.4 Å². The maximum Gasteiger partial charge on any atom is 0.274 e. The van der Waals surface area contributed by atoms with Crippen molar-refractivity contribution in [2.75, 3.05) is 33.4 Å². The topological polar surface area (TPSA) is 90.3 Å². The predicted octanol–water partition coefficient (Wildman–Crippen LogP) is 1.50. The molecule has 1 aliphatic heterocycles. The molecule has 0 radical (unpaired) electrons. The number of carbonyl (C=O) groups is 1. The van der Waals surface area contributed by atoms with Gasteiger partial charge in [-0.05, 0) is 50.6 Å². The summed E-state index contributed by atoms with van der Waals surface area (Å²) in [6, 6.07) is 7.54. The minimum absolute atomic E-state index is 0. The molecule has 1 aromatic carbocycles. The molecule has 0 saturated carbocycles. The highest BCUT2D eigenvalue weighted by Crippen LogP contribution is 2.15. The highest BCUT2D eigenvalue weighted by atomic mass is 35.5. The summed E-state index contributed by atoms with van der Waals surface area (Å²) in [5, 5.41) is 15.0. The standard InChI is InChI=1S/C18H25N5O3.ClH/c1-13-17(18(24)20-14-4-3-9-19-12-14)22-23(21-13)15-5-7-16(8-6-15)26-11-10-25-2;/h5-8,14,19H,3-4,9-12H2,1-2H3,(H,20,24);1H. The van der Waals surface area contributed by atoms with Gasteiger partial charge in [0.1, 0.15) is 12.4 Å². The number of piperidine rings is 1. The number of aromatic nitrogens is 3. The molecule has 1 atom stereocenters. The third-order valence-corrected chi connectivity index (χ3v) is 4.25. The van der Waals surface area contributed by atoms with Gasteiger partial charge in [-0.1, -0.05) is 0 Å². The van der Waals surface area contributed by atoms with Gasteiger partial charge in [0.05, 0.1) is 18.0 Å². The van der Waals surface area contributed by atoms with Gasteiger partial charge >= 0.3 is 0 Å². The summed E-state index contributed by atoms with van der Waals surface area (Å²) >= 11 is 0. The van der Waals surface area contributed by atoms with Gasteiger partial charge in [-0.3, -0.25) is 4.79 Å². The van der Waals surface area contributed by atoms with E-state index in [9.17, 15) is 4.79 Å². The van der Waals surface area contributed by atoms with Crippen molar-refractivity contribution in [1.29, 1.82) is 0 Å². The van der Waals surface area contributed by atoms with Gasteiger partial charge in [0.15, 0.2) is 5.69 Å². The molecule has 0 aliphatic carbocycles. The number of amides is 1. The average Bonchev–Trinajstić information content (AvgIpc) is 3.05. The molecule has 0 spiro atoms. The normalized spacial score (nSPS) is 16.4. The smallest absolute Gasteiger partial charge is 0.274 e. The SMILES string of the molecule is COCCOc1ccc(-n2nc(C)c(C(=O)NC3CCCNC3)n2)cc1.Cl. The molecule has 1 amide bonds. The van der Waals surface area contributed by atoms with Crippen molar-refractivity contribution in [3.63, 3.8) is 0 Å². The van der Waals surface area contributed by atoms with Crippen molar-refractivity contribution in [2.45, 2.75) is 25.8 Å². The van der Waals surface area contributed by atoms with Crippen molar-refractivity contribution in [2.24, 2.45) is 0 Å². The van der Waals surface area contributed by atoms with Crippen LogP contribution in [0.2, 0.25) is 0 Å². The van der Waals surface area contributed by atoms with Crippen molar-refractivity contribution in [1.82, 2.24) is 25.6 Å². The Morgan fingerprint density at radius 3 is 2.74 bits per heavy atom. The molecule has 2 heterocycles. The average molecular weight is 396 g/mol. The van der Waals surface area contributed by atoms with Gasteiger partial charge in [0.2, 0.25) is 0 Å². The van der Waals surface area contributed by atoms with Gasteiger partial charge in [-0.15, -0.1) is 17.5 Å². The first-order valence-corrected chi connectivity index (χ1v) is 8.85. The Balaban J connectivity index is 0.00000261. The molecular weight excluding hydrogens is 370 g/mol. The van der Waals surface area contributed by atoms with E-state index in [0.717, 1.165) is 37.4 Å². The number of hydrogen-bond donors (Lipinski definition) is 2. The lowest BCUT2D eigenvalue weighted by molar-refractivity contribution is 0.0924. The Kier molecular flexibility index (Phi) is 8.02. The van der Waals surface area contributed by atoms with Crippen LogP contribution in [0, 0.1) is 6.92 Å². The number of nitrogens with zero attached hydrogens (tertiary/aromatic N) is 3. The number of aryl methyl sites for hydroxylation is 1. The molecule has 148 valence electrons. The van der Waals surface area contributed by atoms with Gasteiger partial charge in [-0.2, -0.15) is 9.90 Å². The Morgan fingerprint density at radius 1 is 1.30 bits per heavy atom. The zero-order valence-electron chi connectivity index (χ0n) is 15.6. The van der Waals surface area contributed by atoms with Gasteiger partial charge in [-0.25, -0.2) is 0 Å². The van der Waals surface area contributed by atoms with Crippen LogP contribution in [0.1, 0.15) is 29.0 Å². The summed E-state index contributed by atoms with van der Waals surface area (Å²) in [6.45, 7) is 4.63. The predicted molar refractivity (Wildman–Crippen MR) is 104 cm³/mol. The highest BCUT2D eigenvalue weighted by molar-refractivity contribution is 5.93. The molecule has 9 heteroatoms. The van der Waals surface area contributed by atoms with E-state index >= 15 is 0 Å². The lowest BCUT2D eigenvalue weighted by Crippen LogP contribution is -2.45. The minimum Gasteiger partial charge on any atom is -0.491 e. The van der Waals surface area contributed by atoms with Gasteiger partial charge in [0, 0.05) is 19.7 Å². The number of halogens is 1. The summed E-state index contributed by atoms with van der Waals surface area (Å²) in [5.74, 6) is 0.569. The third kappa shape index (κ3) is 5.66. The van der Waals surface area contributed by atoms with E-state index in [4.69, 9.17) is 9.47 Å². The lowest BCUT2D eigenvalue weighted by Gasteiger charge is -2.23. The molecule has 3 rings (SSSR count). The van der Waals surface area contributed by atoms with Crippen molar-refractivity contribution in [3.05, 3.63) is 35.7 Å². The van der Waals surface area contributed by atoms with E-state index in [-0.39, 0.29) is 24.4 Å². The second kappa shape index (κ2) is 10.2. The molecule has 8 nitrogen and oxygen atoms in total. The number of carbonyl (C=O) groups excluding carboxylic acids is 1. The van der Waals surface area contributed by atoms with Crippen LogP contribution in [0.4, 0.5) is 0 Å². The second-order valence-electron chi connectivity index (χ2n) is 6.28. The summed E-state index contributed by atoms with van der Waals surface area (Å²) in [6.07, 6.45) is 2.05. The van der Waals surface area contributed by atoms with Crippen molar-refractivity contribution >= 4 is 18.3 Å². The number of benzene rings is 1. The molecule has 1 aromatic heterocycles. The highest BCUT2D eigenvalue weighted by Gasteiger charge is 2.21. The summed E-state index contributed by atoms with van der Waals surface area (Å²) in [7, 11) is 1.64. The van der Waals surface area contributed by atoms with Crippen molar-refractivity contribution < 1.29 is 14.3 Å². The van der Waals surface area contributed by atoms with Gasteiger partial charge < -0.3 is 20.1 Å². The van der Waals surface area contributed by atoms with E-state index < -0.39 is 0 Å². The van der Waals surface area contributed by atoms with E-state index in [2.05, 4.69) is 20.8 Å². The molecule has 1 saturated heterocycles. The number of nitrogens with one attached hydrogen (secondary N) is 2. The maximum atomic E-state index is 12.5. The van der Waals surface area contributed by atoms with E-state index in [1.165, 1.54) is 4.80 Å². The fraction of sp³-hybridized carbons (Fsp3) is 0.500. The molecule has 1 unspecified atom stereocenters. The van der Waals surface area contributed by atoms with Crippen LogP contribution in [0.15, 0.2) is 24.3 Å². The number of rotatable bonds is 7. The first-order chi connectivity index (χ1) is 12.7. The van der Waals surface area contributed by atoms with Crippen LogP contribution in [0.25, 0.3) is 5.69 Å². The quantitative estimate of drug-likeness (QED) is 0.690. The van der Waals surface area contributed by atoms with E-state index in [1.807, 2.05) is 24.3 Å². The molecular formula is C18H26ClN5O3. The van der Waals surface area contributed by atoms with Crippen LogP contribution in [0.5, 0.6) is 5.75 Å². The molecule has 1 fully saturated rings. The number of ether oxygens (including phenoxy) is 2. The van der Waals surface area contributed by atoms with E-state index in [0.29, 0.717) is 24.6 Å². The number of methoxy groups -OCH3 is 1. The second-order valence-corrected chi connectivity index (χ2v) is 6.28. The first kappa shape index (κ1) is 21.1. The van der Waals surface area contributed by atoms with Crippen LogP contribution in [0.3, 0.4) is 0 Å². The Hall–Kier alpha value is -2.16. The number of hydrogen-bond acceptors (Lipinski definition) is 6. The van der Waals surface area contributed by atoms with Gasteiger partial charge in [0.25, 0.3) is 5.91 Å². The summed E-state index contributed by atoms with van der Waals surface area (Å²) in [4.78, 5) is 14.0. The molecule has 1 aliphatic rings. The zero-order chi connectivity index (χ0) is 18.4. The molecule has 0 bridgehead atoms. The molecule has 2 aromatic rings. The maximum absolute atomic E-state index is 12.5. The van der Waals surface area contributed by atoms with E-state index in [1.54, 1.807) is 14.0 Å². The Bertz CT molecular complexity index is 729. The fourth-order valence-corrected chi connectivity index (χ4v) is 2.85. The zero-order valence-corrected chi connectivity index (χ0v) is 16.4. The first-order valence-electron chi connectivity index (χ1n) is 8.85. The minimum atomic E-state index is -0.179. The molecule has 27 heavy (non-hydrogen) atoms. The van der Waals surface area contributed by atoms with Crippen LogP contribution in [-0.2, 0) is 4.74 Å². The molecule has 2 N–H and O–H groups in total. The van der Waals surface area contributed by atoms with Crippen molar-refractivity contribution in [3.8, 4) is 11.4 Å². The third-order valence-electron chi connectivity index (χ3n) is 4.25. The van der Waals surface area contributed by atoms with Crippen LogP contribution < -0.4 is 15.4 Å². The Labute approximate surface area is 165 Å². The Morgan fingerprint density at radius 2 is 2.07 bits per heavy atom. The van der Waals surface area contributed by atoms with Crippen LogP contribution >= 0.6 is 12.4 Å². The summed E-state index contributed by atoms with van der Waals surface area (Å²) in [5.41, 5.74) is 1.73. The monoisotopic (exact) mass is 395 g/mol. The largest absolute Gasteiger partial charge is 0.491 e. The fourth-order valence-electron chi connectivity index (χ4n) is 2.85.